The fourth-order valence-electron chi connectivity index (χ4n) is 3.17. The Balaban J connectivity index is 2.75. The van der Waals surface area contributed by atoms with E-state index in [-0.39, 0.29) is 18.1 Å². The lowest BCUT2D eigenvalue weighted by atomic mass is 9.75. The molecule has 2 unspecified atom stereocenters. The number of ketones is 1. The number of carboxylic acid groups (broad SMARTS) is 1. The minimum Gasteiger partial charge on any atom is -0.480 e. The summed E-state index contributed by atoms with van der Waals surface area (Å²) in [6.45, 7) is 5.59. The number of hydrogen-bond acceptors (Lipinski definition) is 5. The highest BCUT2D eigenvalue weighted by atomic mass is 16.4. The van der Waals surface area contributed by atoms with Gasteiger partial charge in [-0.1, -0.05) is 17.7 Å². The fraction of sp³-hybridized carbons (Fsp3) is 0.550. The molecule has 27 heavy (non-hydrogen) atoms. The van der Waals surface area contributed by atoms with E-state index in [1.807, 2.05) is 0 Å². The predicted molar refractivity (Wildman–Crippen MR) is 103 cm³/mol. The van der Waals surface area contributed by atoms with Gasteiger partial charge in [0.15, 0.2) is 5.78 Å². The topological polar surface area (TPSA) is 130 Å². The summed E-state index contributed by atoms with van der Waals surface area (Å²) in [4.78, 5) is 34.9. The summed E-state index contributed by atoms with van der Waals surface area (Å²) in [5, 5.41) is 22.1. The van der Waals surface area contributed by atoms with Gasteiger partial charge in [0.2, 0.25) is 5.91 Å². The maximum absolute atomic E-state index is 12.1. The molecule has 3 atom stereocenters. The second kappa shape index (κ2) is 10.2. The number of hydrogen-bond donors (Lipinski definition) is 4. The van der Waals surface area contributed by atoms with Crippen molar-refractivity contribution in [3.63, 3.8) is 0 Å². The second-order valence-corrected chi connectivity index (χ2v) is 7.30. The molecule has 7 nitrogen and oxygen atoms in total. The average Bonchev–Trinajstić information content (AvgIpc) is 2.51. The number of allylic oxidation sites excluding steroid dienone is 3. The Hall–Kier alpha value is -2.25. The molecule has 0 aliphatic heterocycles. The largest absolute Gasteiger partial charge is 0.480 e. The Kier molecular flexibility index (Phi) is 8.59. The van der Waals surface area contributed by atoms with Crippen LogP contribution in [-0.2, 0) is 14.4 Å². The zero-order chi connectivity index (χ0) is 20.6. The van der Waals surface area contributed by atoms with Gasteiger partial charge >= 0.3 is 5.97 Å². The first-order valence-electron chi connectivity index (χ1n) is 9.10. The van der Waals surface area contributed by atoms with Gasteiger partial charge < -0.3 is 21.3 Å². The maximum atomic E-state index is 12.1. The van der Waals surface area contributed by atoms with E-state index in [1.165, 1.54) is 12.2 Å². The van der Waals surface area contributed by atoms with Crippen LogP contribution in [0.3, 0.4) is 0 Å². The molecule has 0 heterocycles. The van der Waals surface area contributed by atoms with Crippen LogP contribution in [-0.4, -0.2) is 46.1 Å². The Morgan fingerprint density at radius 1 is 1.44 bits per heavy atom. The molecule has 1 aliphatic rings. The van der Waals surface area contributed by atoms with Crippen molar-refractivity contribution >= 4 is 17.7 Å². The van der Waals surface area contributed by atoms with Crippen LogP contribution in [0.5, 0.6) is 0 Å². The summed E-state index contributed by atoms with van der Waals surface area (Å²) in [6, 6.07) is -0.952. The molecule has 5 N–H and O–H groups in total. The van der Waals surface area contributed by atoms with E-state index in [2.05, 4.69) is 5.32 Å². The molecule has 1 aliphatic carbocycles. The first-order chi connectivity index (χ1) is 12.6. The zero-order valence-corrected chi connectivity index (χ0v) is 16.2. The van der Waals surface area contributed by atoms with Gasteiger partial charge in [-0.3, -0.25) is 9.59 Å². The Labute approximate surface area is 160 Å². The van der Waals surface area contributed by atoms with E-state index in [9.17, 15) is 24.6 Å². The van der Waals surface area contributed by atoms with Crippen LogP contribution in [0.15, 0.2) is 35.5 Å². The molecular weight excluding hydrogens is 348 g/mol. The van der Waals surface area contributed by atoms with Crippen molar-refractivity contribution in [2.24, 2.45) is 11.7 Å². The van der Waals surface area contributed by atoms with Crippen molar-refractivity contribution < 1.29 is 24.6 Å². The van der Waals surface area contributed by atoms with Gasteiger partial charge in [-0.05, 0) is 58.2 Å². The molecule has 0 spiro atoms. The summed E-state index contributed by atoms with van der Waals surface area (Å²) >= 11 is 0. The van der Waals surface area contributed by atoms with Gasteiger partial charge in [-0.2, -0.15) is 0 Å². The van der Waals surface area contributed by atoms with E-state index < -0.39 is 23.5 Å². The number of aliphatic carboxylic acids is 1. The van der Waals surface area contributed by atoms with Crippen molar-refractivity contribution in [3.05, 3.63) is 35.5 Å². The molecule has 0 radical (unpaired) electrons. The standard InChI is InChI=1S/C20H30N2O5/c1-13(7-8-16-14(2)11-15(23)12-20(16,3)27)10-18(24)22-17(19(25)26)6-4-5-9-21/h7-8,10-11,16-17,27H,4-6,9,12,21H2,1-3H3,(H,22,24)(H,25,26)/b8-7+,13-10-/t16-,17?,20?/m0/s1. The Morgan fingerprint density at radius 2 is 2.11 bits per heavy atom. The monoisotopic (exact) mass is 378 g/mol. The number of aliphatic hydroxyl groups is 1. The van der Waals surface area contributed by atoms with Crippen molar-refractivity contribution in [1.29, 1.82) is 0 Å². The van der Waals surface area contributed by atoms with Gasteiger partial charge in [-0.25, -0.2) is 4.79 Å². The van der Waals surface area contributed by atoms with Crippen LogP contribution in [0.2, 0.25) is 0 Å². The highest BCUT2D eigenvalue weighted by Gasteiger charge is 2.36. The number of nitrogens with one attached hydrogen (secondary N) is 1. The van der Waals surface area contributed by atoms with Gasteiger partial charge in [0.05, 0.1) is 5.60 Å². The van der Waals surface area contributed by atoms with Gasteiger partial charge in [0, 0.05) is 18.4 Å². The molecule has 150 valence electrons. The molecule has 0 saturated carbocycles. The minimum atomic E-state index is -1.17. The van der Waals surface area contributed by atoms with Crippen LogP contribution in [0.25, 0.3) is 0 Å². The summed E-state index contributed by atoms with van der Waals surface area (Å²) in [7, 11) is 0. The van der Waals surface area contributed by atoms with Crippen LogP contribution in [0.1, 0.15) is 46.5 Å². The van der Waals surface area contributed by atoms with E-state index >= 15 is 0 Å². The molecule has 1 amide bonds. The summed E-state index contributed by atoms with van der Waals surface area (Å²) in [6.07, 6.45) is 7.99. The number of amides is 1. The van der Waals surface area contributed by atoms with E-state index in [0.29, 0.717) is 31.4 Å². The smallest absolute Gasteiger partial charge is 0.326 e. The van der Waals surface area contributed by atoms with Crippen molar-refractivity contribution in [2.45, 2.75) is 58.1 Å². The van der Waals surface area contributed by atoms with Gasteiger partial charge in [0.25, 0.3) is 0 Å². The first kappa shape index (κ1) is 22.8. The van der Waals surface area contributed by atoms with E-state index in [1.54, 1.807) is 32.9 Å². The average molecular weight is 378 g/mol. The van der Waals surface area contributed by atoms with Crippen LogP contribution in [0.4, 0.5) is 0 Å². The predicted octanol–water partition coefficient (Wildman–Crippen LogP) is 1.47. The molecular formula is C20H30N2O5. The minimum absolute atomic E-state index is 0.0473. The van der Waals surface area contributed by atoms with E-state index in [4.69, 9.17) is 5.73 Å². The molecule has 0 saturated heterocycles. The number of unbranched alkanes of at least 4 members (excludes halogenated alkanes) is 1. The van der Waals surface area contributed by atoms with Gasteiger partial charge in [0.1, 0.15) is 6.04 Å². The van der Waals surface area contributed by atoms with Crippen molar-refractivity contribution in [2.75, 3.05) is 6.54 Å². The van der Waals surface area contributed by atoms with Crippen molar-refractivity contribution in [3.8, 4) is 0 Å². The third-order valence-corrected chi connectivity index (χ3v) is 4.55. The lowest BCUT2D eigenvalue weighted by Gasteiger charge is -2.34. The molecule has 1 rings (SSSR count). The number of nitrogens with two attached hydrogens (primary N) is 1. The highest BCUT2D eigenvalue weighted by Crippen LogP contribution is 2.33. The SMILES string of the molecule is CC1=CC(=O)CC(C)(O)[C@H]1/C=C/C(C)=C\C(=O)NC(CCCCN)C(=O)O. The molecule has 0 aromatic rings. The summed E-state index contributed by atoms with van der Waals surface area (Å²) in [5.41, 5.74) is 5.59. The molecule has 0 fully saturated rings. The molecule has 0 bridgehead atoms. The fourth-order valence-corrected chi connectivity index (χ4v) is 3.17. The number of rotatable bonds is 9. The lowest BCUT2D eigenvalue weighted by molar-refractivity contribution is -0.141. The second-order valence-electron chi connectivity index (χ2n) is 7.30. The lowest BCUT2D eigenvalue weighted by Crippen LogP contribution is -2.40. The van der Waals surface area contributed by atoms with E-state index in [0.717, 1.165) is 5.57 Å². The van der Waals surface area contributed by atoms with Gasteiger partial charge in [-0.15, -0.1) is 0 Å². The Morgan fingerprint density at radius 3 is 2.67 bits per heavy atom. The highest BCUT2D eigenvalue weighted by molar-refractivity contribution is 5.93. The van der Waals surface area contributed by atoms with Crippen LogP contribution >= 0.6 is 0 Å². The Bertz CT molecular complexity index is 661. The number of carbonyl (C=O) groups excluding carboxylic acids is 2. The third-order valence-electron chi connectivity index (χ3n) is 4.55. The van der Waals surface area contributed by atoms with Crippen LogP contribution < -0.4 is 11.1 Å². The normalized spacial score (nSPS) is 24.6. The number of carbonyl (C=O) groups is 3. The first-order valence-corrected chi connectivity index (χ1v) is 9.10. The van der Waals surface area contributed by atoms with Crippen molar-refractivity contribution in [1.82, 2.24) is 5.32 Å². The quantitative estimate of drug-likeness (QED) is 0.273. The zero-order valence-electron chi connectivity index (χ0n) is 16.2. The maximum Gasteiger partial charge on any atom is 0.326 e. The molecule has 0 aromatic heterocycles. The number of carboxylic acids is 1. The molecule has 7 heteroatoms. The summed E-state index contributed by atoms with van der Waals surface area (Å²) in [5.74, 6) is -2.01. The third kappa shape index (κ3) is 7.48. The molecule has 0 aromatic carbocycles. The summed E-state index contributed by atoms with van der Waals surface area (Å²) < 4.78 is 0. The van der Waals surface area contributed by atoms with Crippen LogP contribution in [0, 0.1) is 5.92 Å².